The van der Waals surface area contributed by atoms with Crippen molar-refractivity contribution in [3.63, 3.8) is 0 Å². The number of benzene rings is 1. The first-order valence-corrected chi connectivity index (χ1v) is 2.72. The van der Waals surface area contributed by atoms with Crippen molar-refractivity contribution in [2.45, 2.75) is 0 Å². The standard InChI is InChI=1S/C6H4BF3/c7-3-1-4(8)6(10)5(9)2-3/h1-2H,7H2. The molecular weight excluding hydrogens is 140 g/mol. The van der Waals surface area contributed by atoms with E-state index in [2.05, 4.69) is 0 Å². The van der Waals surface area contributed by atoms with E-state index in [1.165, 1.54) is 7.85 Å². The molecule has 1 aromatic rings. The Hall–Kier alpha value is -0.925. The molecule has 52 valence electrons. The number of rotatable bonds is 0. The molecule has 1 rings (SSSR count). The lowest BCUT2D eigenvalue weighted by Gasteiger charge is -1.95. The summed E-state index contributed by atoms with van der Waals surface area (Å²) >= 11 is 0. The SMILES string of the molecule is Bc1cc(F)c(F)c(F)c1. The Morgan fingerprint density at radius 2 is 1.40 bits per heavy atom. The van der Waals surface area contributed by atoms with Crippen LogP contribution in [-0.4, -0.2) is 7.85 Å². The topological polar surface area (TPSA) is 0 Å². The van der Waals surface area contributed by atoms with E-state index in [1.54, 1.807) is 0 Å². The smallest absolute Gasteiger partial charge is 0.194 e. The van der Waals surface area contributed by atoms with Crippen LogP contribution in [0.2, 0.25) is 0 Å². The Kier molecular flexibility index (Phi) is 1.70. The second kappa shape index (κ2) is 2.36. The molecular formula is C6H4BF3. The van der Waals surface area contributed by atoms with Gasteiger partial charge in [0.25, 0.3) is 0 Å². The lowest BCUT2D eigenvalue weighted by molar-refractivity contribution is 0.448. The van der Waals surface area contributed by atoms with E-state index in [-0.39, 0.29) is 0 Å². The molecule has 0 radical (unpaired) electrons. The van der Waals surface area contributed by atoms with Crippen molar-refractivity contribution in [3.05, 3.63) is 29.6 Å². The normalized spacial score (nSPS) is 9.90. The molecule has 0 bridgehead atoms. The van der Waals surface area contributed by atoms with E-state index in [0.29, 0.717) is 5.46 Å². The minimum Gasteiger partial charge on any atom is -0.204 e. The highest BCUT2D eigenvalue weighted by Gasteiger charge is 2.07. The predicted molar refractivity (Wildman–Crippen MR) is 34.5 cm³/mol. The van der Waals surface area contributed by atoms with Crippen LogP contribution in [0.3, 0.4) is 0 Å². The average Bonchev–Trinajstić information content (AvgIpc) is 1.82. The Morgan fingerprint density at radius 1 is 1.00 bits per heavy atom. The third-order valence-electron chi connectivity index (χ3n) is 1.13. The largest absolute Gasteiger partial charge is 0.204 e. The van der Waals surface area contributed by atoms with E-state index >= 15 is 0 Å². The molecule has 0 aliphatic heterocycles. The van der Waals surface area contributed by atoms with E-state index in [1.807, 2.05) is 0 Å². The minimum absolute atomic E-state index is 0.372. The molecule has 0 spiro atoms. The van der Waals surface area contributed by atoms with E-state index in [9.17, 15) is 13.2 Å². The second-order valence-electron chi connectivity index (χ2n) is 2.04. The highest BCUT2D eigenvalue weighted by atomic mass is 19.2. The summed E-state index contributed by atoms with van der Waals surface area (Å²) in [5.41, 5.74) is 0.372. The third-order valence-corrected chi connectivity index (χ3v) is 1.13. The molecule has 0 unspecified atom stereocenters. The molecule has 0 aromatic heterocycles. The maximum atomic E-state index is 12.2. The molecule has 1 aromatic carbocycles. The quantitative estimate of drug-likeness (QED) is 0.364. The van der Waals surface area contributed by atoms with Gasteiger partial charge in [0.1, 0.15) is 7.85 Å². The first-order valence-electron chi connectivity index (χ1n) is 2.72. The van der Waals surface area contributed by atoms with Crippen LogP contribution in [0.1, 0.15) is 0 Å². The van der Waals surface area contributed by atoms with Crippen LogP contribution < -0.4 is 5.46 Å². The fourth-order valence-electron chi connectivity index (χ4n) is 0.682. The molecule has 0 nitrogen and oxygen atoms in total. The fraction of sp³-hybridized carbons (Fsp3) is 0. The Labute approximate surface area is 57.1 Å². The van der Waals surface area contributed by atoms with Gasteiger partial charge < -0.3 is 0 Å². The Balaban J connectivity index is 3.31. The van der Waals surface area contributed by atoms with Gasteiger partial charge in [0.05, 0.1) is 0 Å². The van der Waals surface area contributed by atoms with Crippen LogP contribution in [0.5, 0.6) is 0 Å². The highest BCUT2D eigenvalue weighted by molar-refractivity contribution is 6.32. The van der Waals surface area contributed by atoms with Gasteiger partial charge in [-0.15, -0.1) is 0 Å². The maximum Gasteiger partial charge on any atom is 0.194 e. The fourth-order valence-corrected chi connectivity index (χ4v) is 0.682. The lowest BCUT2D eigenvalue weighted by atomic mass is 9.96. The van der Waals surface area contributed by atoms with Crippen LogP contribution in [0.15, 0.2) is 12.1 Å². The summed E-state index contributed by atoms with van der Waals surface area (Å²) in [6.07, 6.45) is 0. The summed E-state index contributed by atoms with van der Waals surface area (Å²) in [6, 6.07) is 1.89. The molecule has 0 fully saturated rings. The zero-order valence-corrected chi connectivity index (χ0v) is 5.29. The van der Waals surface area contributed by atoms with Gasteiger partial charge in [-0.2, -0.15) is 0 Å². The molecule has 0 N–H and O–H groups in total. The molecule has 10 heavy (non-hydrogen) atoms. The van der Waals surface area contributed by atoms with Crippen LogP contribution >= 0.6 is 0 Å². The van der Waals surface area contributed by atoms with Crippen molar-refractivity contribution in [1.29, 1.82) is 0 Å². The first kappa shape index (κ1) is 7.19. The number of hydrogen-bond donors (Lipinski definition) is 0. The summed E-state index contributed by atoms with van der Waals surface area (Å²) < 4.78 is 36.6. The van der Waals surface area contributed by atoms with E-state index in [4.69, 9.17) is 0 Å². The number of hydrogen-bond acceptors (Lipinski definition) is 0. The van der Waals surface area contributed by atoms with Gasteiger partial charge in [-0.05, 0) is 12.1 Å². The van der Waals surface area contributed by atoms with Gasteiger partial charge in [-0.3, -0.25) is 0 Å². The lowest BCUT2D eigenvalue weighted by Crippen LogP contribution is -2.06. The van der Waals surface area contributed by atoms with Crippen molar-refractivity contribution in [2.75, 3.05) is 0 Å². The molecule has 0 aliphatic rings. The molecule has 0 aliphatic carbocycles. The minimum atomic E-state index is -1.41. The van der Waals surface area contributed by atoms with Crippen LogP contribution in [0.4, 0.5) is 13.2 Å². The van der Waals surface area contributed by atoms with Gasteiger partial charge in [-0.1, -0.05) is 5.46 Å². The first-order chi connectivity index (χ1) is 4.61. The van der Waals surface area contributed by atoms with Crippen molar-refractivity contribution in [1.82, 2.24) is 0 Å². The van der Waals surface area contributed by atoms with E-state index in [0.717, 1.165) is 12.1 Å². The van der Waals surface area contributed by atoms with Crippen molar-refractivity contribution in [3.8, 4) is 0 Å². The number of halogens is 3. The summed E-state index contributed by atoms with van der Waals surface area (Å²) in [5.74, 6) is -3.69. The summed E-state index contributed by atoms with van der Waals surface area (Å²) in [5, 5.41) is 0. The van der Waals surface area contributed by atoms with Crippen molar-refractivity contribution < 1.29 is 13.2 Å². The van der Waals surface area contributed by atoms with Gasteiger partial charge in [0, 0.05) is 0 Å². The molecule has 0 amide bonds. The van der Waals surface area contributed by atoms with Crippen molar-refractivity contribution in [2.24, 2.45) is 0 Å². The Bertz CT molecular complexity index is 236. The van der Waals surface area contributed by atoms with Crippen LogP contribution in [-0.2, 0) is 0 Å². The molecule has 0 saturated carbocycles. The zero-order valence-electron chi connectivity index (χ0n) is 5.29. The molecule has 0 heterocycles. The monoisotopic (exact) mass is 144 g/mol. The van der Waals surface area contributed by atoms with Crippen LogP contribution in [0.25, 0.3) is 0 Å². The highest BCUT2D eigenvalue weighted by Crippen LogP contribution is 2.06. The van der Waals surface area contributed by atoms with E-state index < -0.39 is 17.5 Å². The zero-order chi connectivity index (χ0) is 7.72. The van der Waals surface area contributed by atoms with Gasteiger partial charge in [0.2, 0.25) is 0 Å². The second-order valence-corrected chi connectivity index (χ2v) is 2.04. The van der Waals surface area contributed by atoms with Gasteiger partial charge in [0.15, 0.2) is 17.5 Å². The maximum absolute atomic E-state index is 12.2. The van der Waals surface area contributed by atoms with Crippen molar-refractivity contribution >= 4 is 13.3 Å². The molecule has 4 heteroatoms. The predicted octanol–water partition coefficient (Wildman–Crippen LogP) is 0.362. The molecule has 0 saturated heterocycles. The molecule has 0 atom stereocenters. The van der Waals surface area contributed by atoms with Gasteiger partial charge in [-0.25, -0.2) is 13.2 Å². The van der Waals surface area contributed by atoms with Gasteiger partial charge >= 0.3 is 0 Å². The average molecular weight is 144 g/mol. The third kappa shape index (κ3) is 1.15. The van der Waals surface area contributed by atoms with Crippen LogP contribution in [0, 0.1) is 17.5 Å². The summed E-state index contributed by atoms with van der Waals surface area (Å²) in [4.78, 5) is 0. The summed E-state index contributed by atoms with van der Waals surface area (Å²) in [7, 11) is 1.49. The Morgan fingerprint density at radius 3 is 1.80 bits per heavy atom. The summed E-state index contributed by atoms with van der Waals surface area (Å²) in [6.45, 7) is 0.